The largest absolute Gasteiger partial charge is 0.218 e. The Kier molecular flexibility index (Phi) is 3.92. The van der Waals surface area contributed by atoms with Crippen LogP contribution in [0.3, 0.4) is 0 Å². The lowest BCUT2D eigenvalue weighted by Gasteiger charge is -2.03. The van der Waals surface area contributed by atoms with Crippen molar-refractivity contribution in [2.45, 2.75) is 11.6 Å². The highest BCUT2D eigenvalue weighted by Crippen LogP contribution is 2.09. The number of nitrogens with one attached hydrogen (secondary N) is 1. The maximum absolute atomic E-state index is 11.2. The summed E-state index contributed by atoms with van der Waals surface area (Å²) in [6.07, 6.45) is 0. The summed E-state index contributed by atoms with van der Waals surface area (Å²) in [5.74, 6) is 0.450. The van der Waals surface area contributed by atoms with Crippen molar-refractivity contribution in [3.63, 3.8) is 0 Å². The normalized spacial score (nSPS) is 11.6. The molecule has 5 heteroatoms. The molecule has 0 amide bonds. The summed E-state index contributed by atoms with van der Waals surface area (Å²) in [7, 11) is -1.77. The molecule has 1 aromatic rings. The van der Waals surface area contributed by atoms with E-state index in [9.17, 15) is 8.42 Å². The van der Waals surface area contributed by atoms with Gasteiger partial charge in [-0.05, 0) is 18.2 Å². The van der Waals surface area contributed by atoms with Crippen molar-refractivity contribution in [3.8, 4) is 0 Å². The van der Waals surface area contributed by atoms with Crippen LogP contribution >= 0.6 is 11.6 Å². The molecular weight excluding hydrogens is 222 g/mol. The van der Waals surface area contributed by atoms with Crippen LogP contribution in [0.4, 0.5) is 0 Å². The summed E-state index contributed by atoms with van der Waals surface area (Å²) in [6.45, 7) is 0. The molecule has 1 aromatic carbocycles. The molecule has 78 valence electrons. The Morgan fingerprint density at radius 3 is 2.14 bits per heavy atom. The van der Waals surface area contributed by atoms with Gasteiger partial charge in [0.25, 0.3) is 0 Å². The van der Waals surface area contributed by atoms with E-state index >= 15 is 0 Å². The molecule has 0 aliphatic heterocycles. The van der Waals surface area contributed by atoms with Crippen LogP contribution in [0.15, 0.2) is 24.3 Å². The first-order valence-electron chi connectivity index (χ1n) is 4.12. The number of hydrogen-bond donors (Lipinski definition) is 1. The SMILES string of the molecule is CNS(=O)(=O)Cc1ccc(CCl)cc1. The predicted molar refractivity (Wildman–Crippen MR) is 57.7 cm³/mol. The van der Waals surface area contributed by atoms with Gasteiger partial charge in [0.2, 0.25) is 10.0 Å². The number of sulfonamides is 1. The van der Waals surface area contributed by atoms with E-state index < -0.39 is 10.0 Å². The van der Waals surface area contributed by atoms with Crippen LogP contribution in [0.25, 0.3) is 0 Å². The minimum atomic E-state index is -3.18. The molecule has 0 radical (unpaired) electrons. The third-order valence-electron chi connectivity index (χ3n) is 1.84. The van der Waals surface area contributed by atoms with Crippen molar-refractivity contribution in [1.29, 1.82) is 0 Å². The van der Waals surface area contributed by atoms with Crippen molar-refractivity contribution in [2.24, 2.45) is 0 Å². The Bertz CT molecular complexity index is 386. The first-order valence-corrected chi connectivity index (χ1v) is 6.31. The second-order valence-electron chi connectivity index (χ2n) is 2.91. The number of rotatable bonds is 4. The maximum Gasteiger partial charge on any atom is 0.215 e. The predicted octanol–water partition coefficient (Wildman–Crippen LogP) is 1.47. The fourth-order valence-electron chi connectivity index (χ4n) is 1.02. The van der Waals surface area contributed by atoms with E-state index in [2.05, 4.69) is 4.72 Å². The molecule has 0 bridgehead atoms. The van der Waals surface area contributed by atoms with Gasteiger partial charge in [0.15, 0.2) is 0 Å². The fourth-order valence-corrected chi connectivity index (χ4v) is 1.97. The lowest BCUT2D eigenvalue weighted by molar-refractivity contribution is 0.587. The number of benzene rings is 1. The summed E-state index contributed by atoms with van der Waals surface area (Å²) >= 11 is 5.61. The molecule has 0 fully saturated rings. The molecule has 3 nitrogen and oxygen atoms in total. The fraction of sp³-hybridized carbons (Fsp3) is 0.333. The maximum atomic E-state index is 11.2. The van der Waals surface area contributed by atoms with Gasteiger partial charge < -0.3 is 0 Å². The highest BCUT2D eigenvalue weighted by molar-refractivity contribution is 7.88. The average Bonchev–Trinajstić information content (AvgIpc) is 2.19. The van der Waals surface area contributed by atoms with Gasteiger partial charge in [-0.3, -0.25) is 0 Å². The topological polar surface area (TPSA) is 46.2 Å². The molecule has 0 aliphatic carbocycles. The number of alkyl halides is 1. The van der Waals surface area contributed by atoms with Crippen LogP contribution in [-0.4, -0.2) is 15.5 Å². The molecular formula is C9H12ClNO2S. The van der Waals surface area contributed by atoms with Gasteiger partial charge in [0.05, 0.1) is 5.75 Å². The van der Waals surface area contributed by atoms with Crippen LogP contribution in [-0.2, 0) is 21.7 Å². The minimum Gasteiger partial charge on any atom is -0.218 e. The monoisotopic (exact) mass is 233 g/mol. The van der Waals surface area contributed by atoms with E-state index in [-0.39, 0.29) is 5.75 Å². The molecule has 0 heterocycles. The van der Waals surface area contributed by atoms with Crippen molar-refractivity contribution in [3.05, 3.63) is 35.4 Å². The van der Waals surface area contributed by atoms with Crippen LogP contribution in [0.2, 0.25) is 0 Å². The van der Waals surface area contributed by atoms with Gasteiger partial charge in [0, 0.05) is 5.88 Å². The molecule has 0 atom stereocenters. The van der Waals surface area contributed by atoms with Gasteiger partial charge in [-0.2, -0.15) is 0 Å². The molecule has 0 spiro atoms. The van der Waals surface area contributed by atoms with Crippen LogP contribution in [0.5, 0.6) is 0 Å². The summed E-state index contributed by atoms with van der Waals surface area (Å²) < 4.78 is 24.6. The van der Waals surface area contributed by atoms with E-state index in [0.29, 0.717) is 5.88 Å². The Morgan fingerprint density at radius 1 is 1.21 bits per heavy atom. The van der Waals surface area contributed by atoms with Crippen molar-refractivity contribution in [1.82, 2.24) is 4.72 Å². The van der Waals surface area contributed by atoms with Crippen LogP contribution in [0.1, 0.15) is 11.1 Å². The van der Waals surface area contributed by atoms with Crippen LogP contribution in [0, 0.1) is 0 Å². The third-order valence-corrected chi connectivity index (χ3v) is 3.49. The van der Waals surface area contributed by atoms with E-state index in [4.69, 9.17) is 11.6 Å². The molecule has 0 unspecified atom stereocenters. The Labute approximate surface area is 89.1 Å². The summed E-state index contributed by atoms with van der Waals surface area (Å²) in [5.41, 5.74) is 1.74. The van der Waals surface area contributed by atoms with Crippen molar-refractivity contribution < 1.29 is 8.42 Å². The number of hydrogen-bond acceptors (Lipinski definition) is 2. The molecule has 1 rings (SSSR count). The molecule has 0 aromatic heterocycles. The second-order valence-corrected chi connectivity index (χ2v) is 5.11. The Hall–Kier alpha value is -0.580. The zero-order valence-electron chi connectivity index (χ0n) is 7.83. The van der Waals surface area contributed by atoms with Gasteiger partial charge >= 0.3 is 0 Å². The standard InChI is InChI=1S/C9H12ClNO2S/c1-11-14(12,13)7-9-4-2-8(6-10)3-5-9/h2-5,11H,6-7H2,1H3. The van der Waals surface area contributed by atoms with Gasteiger partial charge in [0.1, 0.15) is 0 Å². The van der Waals surface area contributed by atoms with Crippen LogP contribution < -0.4 is 4.72 Å². The van der Waals surface area contributed by atoms with Gasteiger partial charge in [-0.1, -0.05) is 24.3 Å². The second kappa shape index (κ2) is 4.77. The first kappa shape index (κ1) is 11.5. The van der Waals surface area contributed by atoms with Gasteiger partial charge in [-0.15, -0.1) is 11.6 Å². The molecule has 0 aliphatic rings. The zero-order chi connectivity index (χ0) is 10.6. The smallest absolute Gasteiger partial charge is 0.215 e. The summed E-state index contributed by atoms with van der Waals surface area (Å²) in [5, 5.41) is 0. The van der Waals surface area contributed by atoms with E-state index in [1.54, 1.807) is 12.1 Å². The summed E-state index contributed by atoms with van der Waals surface area (Å²) in [6, 6.07) is 7.19. The molecule has 0 saturated carbocycles. The quantitative estimate of drug-likeness (QED) is 0.801. The highest BCUT2D eigenvalue weighted by Gasteiger charge is 2.07. The zero-order valence-corrected chi connectivity index (χ0v) is 9.40. The Balaban J connectivity index is 2.79. The van der Waals surface area contributed by atoms with Crippen molar-refractivity contribution in [2.75, 3.05) is 7.05 Å². The third kappa shape index (κ3) is 3.29. The minimum absolute atomic E-state index is 0.00602. The first-order chi connectivity index (χ1) is 6.57. The molecule has 14 heavy (non-hydrogen) atoms. The lowest BCUT2D eigenvalue weighted by Crippen LogP contribution is -2.20. The van der Waals surface area contributed by atoms with Crippen molar-refractivity contribution >= 4 is 21.6 Å². The Morgan fingerprint density at radius 2 is 1.71 bits per heavy atom. The lowest BCUT2D eigenvalue weighted by atomic mass is 10.2. The van der Waals surface area contributed by atoms with Gasteiger partial charge in [-0.25, -0.2) is 13.1 Å². The van der Waals surface area contributed by atoms with E-state index in [1.807, 2.05) is 12.1 Å². The number of halogens is 1. The average molecular weight is 234 g/mol. The summed E-state index contributed by atoms with van der Waals surface area (Å²) in [4.78, 5) is 0. The van der Waals surface area contributed by atoms with E-state index in [0.717, 1.165) is 11.1 Å². The molecule has 0 saturated heterocycles. The molecule has 1 N–H and O–H groups in total. The van der Waals surface area contributed by atoms with E-state index in [1.165, 1.54) is 7.05 Å². The highest BCUT2D eigenvalue weighted by atomic mass is 35.5.